The molecule has 6 nitrogen and oxygen atoms in total. The zero-order chi connectivity index (χ0) is 13.7. The number of carboxylic acid groups (broad SMARTS) is 1. The van der Waals surface area contributed by atoms with Crippen molar-refractivity contribution in [3.05, 3.63) is 10.6 Å². The molecule has 100 valence electrons. The van der Waals surface area contributed by atoms with Crippen molar-refractivity contribution in [3.8, 4) is 0 Å². The summed E-state index contributed by atoms with van der Waals surface area (Å²) in [5.41, 5.74) is 5.39. The van der Waals surface area contributed by atoms with E-state index < -0.39 is 17.4 Å². The number of carboxylic acids is 1. The second-order valence-corrected chi connectivity index (χ2v) is 6.46. The number of β-lactam (4-membered cyclic amide) rings is 1. The highest BCUT2D eigenvalue weighted by atomic mass is 32.2. The number of rotatable bonds is 4. The van der Waals surface area contributed by atoms with Crippen LogP contribution in [0.1, 0.15) is 20.3 Å². The van der Waals surface area contributed by atoms with E-state index in [1.165, 1.54) is 16.7 Å². The average molecular weight is 272 g/mol. The maximum atomic E-state index is 11.7. The van der Waals surface area contributed by atoms with Crippen molar-refractivity contribution in [3.63, 3.8) is 0 Å². The number of aliphatic hydroxyl groups excluding tert-OH is 1. The molecule has 0 radical (unpaired) electrons. The van der Waals surface area contributed by atoms with Gasteiger partial charge in [0, 0.05) is 10.4 Å². The van der Waals surface area contributed by atoms with E-state index in [-0.39, 0.29) is 23.6 Å². The maximum Gasteiger partial charge on any atom is 0.353 e. The number of nitrogens with two attached hydrogens (primary N) is 1. The Labute approximate surface area is 109 Å². The van der Waals surface area contributed by atoms with Crippen molar-refractivity contribution < 1.29 is 19.8 Å². The van der Waals surface area contributed by atoms with Gasteiger partial charge in [-0.05, 0) is 20.3 Å². The first kappa shape index (κ1) is 13.4. The number of carbonyl (C=O) groups is 2. The summed E-state index contributed by atoms with van der Waals surface area (Å²) in [6.07, 6.45) is 0.401. The fourth-order valence-corrected chi connectivity index (χ4v) is 3.89. The molecule has 2 aliphatic heterocycles. The number of aliphatic hydroxyl groups is 1. The summed E-state index contributed by atoms with van der Waals surface area (Å²) in [6, 6.07) is 0. The summed E-state index contributed by atoms with van der Waals surface area (Å²) >= 11 is 1.32. The summed E-state index contributed by atoms with van der Waals surface area (Å²) in [5, 5.41) is 18.0. The minimum Gasteiger partial charge on any atom is -0.477 e. The molecule has 1 amide bonds. The van der Waals surface area contributed by atoms with E-state index in [0.29, 0.717) is 11.3 Å². The Balaban J connectivity index is 2.29. The highest BCUT2D eigenvalue weighted by molar-refractivity contribution is 8.04. The number of hydrogen-bond donors (Lipinski definition) is 3. The molecule has 0 aliphatic carbocycles. The molecular weight excluding hydrogens is 256 g/mol. The van der Waals surface area contributed by atoms with Crippen LogP contribution in [0.2, 0.25) is 0 Å². The molecule has 2 heterocycles. The molecule has 18 heavy (non-hydrogen) atoms. The van der Waals surface area contributed by atoms with Gasteiger partial charge in [-0.25, -0.2) is 4.79 Å². The normalized spacial score (nSPS) is 27.3. The monoisotopic (exact) mass is 272 g/mol. The molecule has 4 N–H and O–H groups in total. The molecule has 0 bridgehead atoms. The average Bonchev–Trinajstić information content (AvgIpc) is 2.51. The lowest BCUT2D eigenvalue weighted by molar-refractivity contribution is -0.153. The third kappa shape index (κ3) is 2.02. The van der Waals surface area contributed by atoms with Crippen LogP contribution in [0.15, 0.2) is 10.6 Å². The molecule has 0 unspecified atom stereocenters. The van der Waals surface area contributed by atoms with Gasteiger partial charge in [-0.3, -0.25) is 9.69 Å². The third-order valence-electron chi connectivity index (χ3n) is 2.94. The number of fused-ring (bicyclic) bond motifs is 1. The smallest absolute Gasteiger partial charge is 0.353 e. The quantitative estimate of drug-likeness (QED) is 0.619. The van der Waals surface area contributed by atoms with Gasteiger partial charge in [-0.1, -0.05) is 0 Å². The summed E-state index contributed by atoms with van der Waals surface area (Å²) in [6.45, 7) is 3.36. The summed E-state index contributed by atoms with van der Waals surface area (Å²) in [4.78, 5) is 24.9. The molecular formula is C11H16N2O4S. The predicted octanol–water partition coefficient (Wildman–Crippen LogP) is -0.0664. The number of nitrogens with zero attached hydrogens (tertiary/aromatic N) is 1. The van der Waals surface area contributed by atoms with Crippen molar-refractivity contribution in [2.24, 2.45) is 11.7 Å². The number of aliphatic carboxylic acids is 1. The Morgan fingerprint density at radius 3 is 2.61 bits per heavy atom. The van der Waals surface area contributed by atoms with Gasteiger partial charge in [0.1, 0.15) is 11.1 Å². The minimum absolute atomic E-state index is 0.0261. The molecule has 0 aromatic heterocycles. The van der Waals surface area contributed by atoms with Gasteiger partial charge in [0.15, 0.2) is 0 Å². The number of thioether (sulfide) groups is 1. The Hall–Kier alpha value is -1.05. The van der Waals surface area contributed by atoms with Gasteiger partial charge in [0.2, 0.25) is 5.91 Å². The fourth-order valence-electron chi connectivity index (χ4n) is 2.16. The van der Waals surface area contributed by atoms with Crippen LogP contribution in [0.5, 0.6) is 0 Å². The molecule has 1 fully saturated rings. The zero-order valence-electron chi connectivity index (χ0n) is 10.2. The van der Waals surface area contributed by atoms with Crippen LogP contribution in [0.3, 0.4) is 0 Å². The Kier molecular flexibility index (Phi) is 3.16. The summed E-state index contributed by atoms with van der Waals surface area (Å²) in [5.74, 6) is -1.94. The first-order valence-electron chi connectivity index (χ1n) is 5.62. The van der Waals surface area contributed by atoms with Crippen molar-refractivity contribution in [2.45, 2.75) is 31.2 Å². The molecule has 1 saturated heterocycles. The standard InChI is InChI=1S/C11H16N2O4S/c1-11(2,12)3-6-7(10(16)17)13-8(15)5(4-14)9(13)18-6/h5,9,14H,3-4,12H2,1-2H3,(H,16,17)/t5-,9+/m0/s1. The number of amides is 1. The molecule has 2 rings (SSSR count). The largest absolute Gasteiger partial charge is 0.477 e. The van der Waals surface area contributed by atoms with Gasteiger partial charge >= 0.3 is 5.97 Å². The lowest BCUT2D eigenvalue weighted by atomic mass is 9.97. The fraction of sp³-hybridized carbons (Fsp3) is 0.636. The van der Waals surface area contributed by atoms with Crippen LogP contribution in [0.25, 0.3) is 0 Å². The van der Waals surface area contributed by atoms with Gasteiger partial charge < -0.3 is 15.9 Å². The second-order valence-electron chi connectivity index (χ2n) is 5.25. The molecule has 0 saturated carbocycles. The zero-order valence-corrected chi connectivity index (χ0v) is 11.0. The lowest BCUT2D eigenvalue weighted by Crippen LogP contribution is -2.58. The summed E-state index contributed by atoms with van der Waals surface area (Å²) < 4.78 is 0. The van der Waals surface area contributed by atoms with Crippen LogP contribution in [0, 0.1) is 5.92 Å². The van der Waals surface area contributed by atoms with E-state index in [4.69, 9.17) is 10.8 Å². The van der Waals surface area contributed by atoms with Crippen LogP contribution >= 0.6 is 11.8 Å². The highest BCUT2D eigenvalue weighted by Crippen LogP contribution is 2.50. The number of hydrogen-bond acceptors (Lipinski definition) is 5. The summed E-state index contributed by atoms with van der Waals surface area (Å²) in [7, 11) is 0. The van der Waals surface area contributed by atoms with Gasteiger partial charge in [0.05, 0.1) is 12.5 Å². The van der Waals surface area contributed by atoms with Crippen LogP contribution < -0.4 is 5.73 Å². The van der Waals surface area contributed by atoms with Gasteiger partial charge in [-0.2, -0.15) is 0 Å². The lowest BCUT2D eigenvalue weighted by Gasteiger charge is -2.41. The minimum atomic E-state index is -1.12. The Morgan fingerprint density at radius 1 is 1.56 bits per heavy atom. The van der Waals surface area contributed by atoms with Crippen molar-refractivity contribution in [2.75, 3.05) is 6.61 Å². The van der Waals surface area contributed by atoms with Crippen LogP contribution in [-0.2, 0) is 9.59 Å². The third-order valence-corrected chi connectivity index (χ3v) is 4.34. The maximum absolute atomic E-state index is 11.7. The molecule has 0 aromatic carbocycles. The van der Waals surface area contributed by atoms with Crippen molar-refractivity contribution in [1.82, 2.24) is 4.90 Å². The highest BCUT2D eigenvalue weighted by Gasteiger charge is 2.55. The van der Waals surface area contributed by atoms with E-state index in [0.717, 1.165) is 0 Å². The van der Waals surface area contributed by atoms with Crippen LogP contribution in [0.4, 0.5) is 0 Å². The van der Waals surface area contributed by atoms with Crippen molar-refractivity contribution >= 4 is 23.6 Å². The van der Waals surface area contributed by atoms with E-state index in [2.05, 4.69) is 0 Å². The second kappa shape index (κ2) is 4.25. The van der Waals surface area contributed by atoms with E-state index in [9.17, 15) is 14.7 Å². The number of carbonyl (C=O) groups excluding carboxylic acids is 1. The van der Waals surface area contributed by atoms with E-state index in [1.54, 1.807) is 13.8 Å². The molecule has 2 atom stereocenters. The molecule has 0 spiro atoms. The van der Waals surface area contributed by atoms with Gasteiger partial charge in [-0.15, -0.1) is 11.8 Å². The van der Waals surface area contributed by atoms with Gasteiger partial charge in [0.25, 0.3) is 0 Å². The molecule has 7 heteroatoms. The SMILES string of the molecule is CC(C)(N)CC1=C(C(=O)O)N2C(=O)[C@H](CO)[C@H]2S1. The first-order chi connectivity index (χ1) is 8.26. The van der Waals surface area contributed by atoms with Crippen molar-refractivity contribution in [1.29, 1.82) is 0 Å². The molecule has 0 aromatic rings. The molecule has 2 aliphatic rings. The van der Waals surface area contributed by atoms with E-state index >= 15 is 0 Å². The topological polar surface area (TPSA) is 104 Å². The Bertz CT molecular complexity index is 441. The van der Waals surface area contributed by atoms with Crippen LogP contribution in [-0.4, -0.2) is 44.5 Å². The predicted molar refractivity (Wildman–Crippen MR) is 66.3 cm³/mol. The first-order valence-corrected chi connectivity index (χ1v) is 6.50. The Morgan fingerprint density at radius 2 is 2.17 bits per heavy atom. The van der Waals surface area contributed by atoms with E-state index in [1.807, 2.05) is 0 Å².